The number of carbonyl (C=O) groups is 1. The van der Waals surface area contributed by atoms with Gasteiger partial charge in [0.2, 0.25) is 5.91 Å². The molecule has 0 aliphatic carbocycles. The Balaban J connectivity index is 1.48. The summed E-state index contributed by atoms with van der Waals surface area (Å²) in [6.07, 6.45) is 1.56. The summed E-state index contributed by atoms with van der Waals surface area (Å²) in [6, 6.07) is 26.5. The second-order valence-electron chi connectivity index (χ2n) is 7.55. The van der Waals surface area contributed by atoms with Crippen molar-refractivity contribution >= 4 is 34.6 Å². The van der Waals surface area contributed by atoms with Crippen LogP contribution in [-0.2, 0) is 4.79 Å². The Morgan fingerprint density at radius 2 is 1.70 bits per heavy atom. The largest absolute Gasteiger partial charge is 0.352 e. The van der Waals surface area contributed by atoms with Crippen molar-refractivity contribution in [2.75, 3.05) is 16.8 Å². The number of rotatable bonds is 5. The predicted molar refractivity (Wildman–Crippen MR) is 127 cm³/mol. The molecule has 1 heterocycles. The highest BCUT2D eigenvalue weighted by molar-refractivity contribution is 7.80. The Labute approximate surface area is 182 Å². The van der Waals surface area contributed by atoms with Crippen LogP contribution in [0.2, 0.25) is 0 Å². The molecule has 1 unspecified atom stereocenters. The monoisotopic (exact) mass is 415 g/mol. The molecule has 152 valence electrons. The summed E-state index contributed by atoms with van der Waals surface area (Å²) in [7, 11) is 0. The van der Waals surface area contributed by atoms with Gasteiger partial charge in [0.05, 0.1) is 6.04 Å². The molecule has 1 saturated heterocycles. The van der Waals surface area contributed by atoms with Crippen LogP contribution in [0, 0.1) is 6.92 Å². The Morgan fingerprint density at radius 1 is 0.967 bits per heavy atom. The molecule has 1 aliphatic heterocycles. The van der Waals surface area contributed by atoms with E-state index in [0.29, 0.717) is 11.5 Å². The van der Waals surface area contributed by atoms with E-state index in [1.165, 1.54) is 5.56 Å². The lowest BCUT2D eigenvalue weighted by Crippen LogP contribution is -2.33. The van der Waals surface area contributed by atoms with Gasteiger partial charge in [-0.25, -0.2) is 0 Å². The van der Waals surface area contributed by atoms with Crippen LogP contribution in [0.1, 0.15) is 35.6 Å². The molecule has 1 aliphatic rings. The van der Waals surface area contributed by atoms with Crippen LogP contribution in [0.25, 0.3) is 0 Å². The molecular weight excluding hydrogens is 390 g/mol. The smallest absolute Gasteiger partial charge is 0.227 e. The number of hydrogen-bond acceptors (Lipinski definition) is 2. The number of aryl methyl sites for hydroxylation is 1. The summed E-state index contributed by atoms with van der Waals surface area (Å²) < 4.78 is 0. The first kappa shape index (κ1) is 20.1. The Kier molecular flexibility index (Phi) is 6.10. The van der Waals surface area contributed by atoms with E-state index in [1.54, 1.807) is 0 Å². The molecule has 3 aromatic rings. The van der Waals surface area contributed by atoms with Crippen molar-refractivity contribution in [3.63, 3.8) is 0 Å². The van der Waals surface area contributed by atoms with Gasteiger partial charge < -0.3 is 15.5 Å². The molecule has 3 aromatic carbocycles. The molecule has 0 radical (unpaired) electrons. The lowest BCUT2D eigenvalue weighted by atomic mass is 9.97. The van der Waals surface area contributed by atoms with Crippen molar-refractivity contribution in [3.05, 3.63) is 95.6 Å². The van der Waals surface area contributed by atoms with Crippen molar-refractivity contribution in [3.8, 4) is 0 Å². The lowest BCUT2D eigenvalue weighted by molar-refractivity contribution is -0.117. The standard InChI is InChI=1S/C25H25N3OS/c1-18-7-5-10-20(17-18)24(19-8-3-2-4-9-19)27-25(30)26-21-12-14-22(15-13-21)28-16-6-11-23(28)29/h2-5,7-10,12-15,17,24H,6,11,16H2,1H3,(H2,26,27,30). The number of carbonyl (C=O) groups excluding carboxylic acids is 1. The highest BCUT2D eigenvalue weighted by atomic mass is 32.1. The van der Waals surface area contributed by atoms with Gasteiger partial charge in [0.1, 0.15) is 0 Å². The molecule has 0 aromatic heterocycles. The number of nitrogens with one attached hydrogen (secondary N) is 2. The topological polar surface area (TPSA) is 44.4 Å². The Morgan fingerprint density at radius 3 is 2.37 bits per heavy atom. The SMILES string of the molecule is Cc1cccc(C(NC(=S)Nc2ccc(N3CCCC3=O)cc2)c2ccccc2)c1. The van der Waals surface area contributed by atoms with Gasteiger partial charge in [-0.3, -0.25) is 4.79 Å². The molecule has 2 N–H and O–H groups in total. The van der Waals surface area contributed by atoms with Gasteiger partial charge in [0.15, 0.2) is 5.11 Å². The van der Waals surface area contributed by atoms with Crippen LogP contribution in [0.5, 0.6) is 0 Å². The number of amides is 1. The fraction of sp³-hybridized carbons (Fsp3) is 0.200. The first-order chi connectivity index (χ1) is 14.6. The van der Waals surface area contributed by atoms with Crippen molar-refractivity contribution in [1.29, 1.82) is 0 Å². The first-order valence-electron chi connectivity index (χ1n) is 10.2. The number of hydrogen-bond donors (Lipinski definition) is 2. The fourth-order valence-electron chi connectivity index (χ4n) is 3.80. The molecule has 1 atom stereocenters. The minimum absolute atomic E-state index is 0.0485. The predicted octanol–water partition coefficient (Wildman–Crippen LogP) is 5.20. The van der Waals surface area contributed by atoms with Gasteiger partial charge in [0, 0.05) is 24.3 Å². The first-order valence-corrected chi connectivity index (χ1v) is 10.6. The molecule has 1 amide bonds. The molecule has 5 heteroatoms. The van der Waals surface area contributed by atoms with Gasteiger partial charge in [-0.05, 0) is 61.0 Å². The zero-order valence-electron chi connectivity index (χ0n) is 17.0. The lowest BCUT2D eigenvalue weighted by Gasteiger charge is -2.23. The van der Waals surface area contributed by atoms with Crippen molar-refractivity contribution in [2.24, 2.45) is 0 Å². The molecule has 0 spiro atoms. The number of nitrogens with zero attached hydrogens (tertiary/aromatic N) is 1. The van der Waals surface area contributed by atoms with Crippen LogP contribution < -0.4 is 15.5 Å². The molecule has 0 bridgehead atoms. The van der Waals surface area contributed by atoms with Crippen molar-refractivity contribution in [1.82, 2.24) is 5.32 Å². The second kappa shape index (κ2) is 9.09. The van der Waals surface area contributed by atoms with Crippen LogP contribution in [0.3, 0.4) is 0 Å². The van der Waals surface area contributed by atoms with Gasteiger partial charge in [0.25, 0.3) is 0 Å². The van der Waals surface area contributed by atoms with E-state index in [2.05, 4.69) is 54.0 Å². The van der Waals surface area contributed by atoms with E-state index < -0.39 is 0 Å². The number of thiocarbonyl (C=S) groups is 1. The maximum atomic E-state index is 11.9. The van der Waals surface area contributed by atoms with E-state index >= 15 is 0 Å². The quantitative estimate of drug-likeness (QED) is 0.563. The van der Waals surface area contributed by atoms with E-state index in [9.17, 15) is 4.79 Å². The Bertz CT molecular complexity index is 1030. The molecular formula is C25H25N3OS. The average Bonchev–Trinajstić information content (AvgIpc) is 3.19. The maximum Gasteiger partial charge on any atom is 0.227 e. The van der Waals surface area contributed by atoms with Crippen LogP contribution >= 0.6 is 12.2 Å². The number of anilines is 2. The summed E-state index contributed by atoms with van der Waals surface area (Å²) in [5.74, 6) is 0.191. The van der Waals surface area contributed by atoms with Crippen LogP contribution in [0.15, 0.2) is 78.9 Å². The summed E-state index contributed by atoms with van der Waals surface area (Å²) in [5.41, 5.74) is 5.34. The average molecular weight is 416 g/mol. The summed E-state index contributed by atoms with van der Waals surface area (Å²) in [4.78, 5) is 13.8. The zero-order valence-corrected chi connectivity index (χ0v) is 17.8. The van der Waals surface area contributed by atoms with Crippen LogP contribution in [0.4, 0.5) is 11.4 Å². The van der Waals surface area contributed by atoms with Gasteiger partial charge in [-0.15, -0.1) is 0 Å². The minimum atomic E-state index is -0.0485. The molecule has 1 fully saturated rings. The van der Waals surface area contributed by atoms with E-state index in [0.717, 1.165) is 35.5 Å². The summed E-state index contributed by atoms with van der Waals surface area (Å²) >= 11 is 5.62. The molecule has 4 nitrogen and oxygen atoms in total. The highest BCUT2D eigenvalue weighted by Crippen LogP contribution is 2.25. The Hall–Kier alpha value is -3.18. The second-order valence-corrected chi connectivity index (χ2v) is 7.96. The molecule has 4 rings (SSSR count). The third-order valence-corrected chi connectivity index (χ3v) is 5.51. The third-order valence-electron chi connectivity index (χ3n) is 5.29. The fourth-order valence-corrected chi connectivity index (χ4v) is 4.03. The summed E-state index contributed by atoms with van der Waals surface area (Å²) in [6.45, 7) is 2.88. The van der Waals surface area contributed by atoms with Gasteiger partial charge in [-0.1, -0.05) is 60.2 Å². The van der Waals surface area contributed by atoms with Crippen molar-refractivity contribution < 1.29 is 4.79 Å². The summed E-state index contributed by atoms with van der Waals surface area (Å²) in [5, 5.41) is 7.28. The number of benzene rings is 3. The minimum Gasteiger partial charge on any atom is -0.352 e. The normalized spacial score (nSPS) is 14.4. The van der Waals surface area contributed by atoms with Gasteiger partial charge in [-0.2, -0.15) is 0 Å². The van der Waals surface area contributed by atoms with E-state index in [-0.39, 0.29) is 11.9 Å². The maximum absolute atomic E-state index is 11.9. The zero-order chi connectivity index (χ0) is 20.9. The van der Waals surface area contributed by atoms with Crippen molar-refractivity contribution in [2.45, 2.75) is 25.8 Å². The van der Waals surface area contributed by atoms with Gasteiger partial charge >= 0.3 is 0 Å². The highest BCUT2D eigenvalue weighted by Gasteiger charge is 2.21. The van der Waals surface area contributed by atoms with Crippen LogP contribution in [-0.4, -0.2) is 17.6 Å². The van der Waals surface area contributed by atoms with E-state index in [4.69, 9.17) is 12.2 Å². The third kappa shape index (κ3) is 4.69. The molecule has 0 saturated carbocycles. The van der Waals surface area contributed by atoms with E-state index in [1.807, 2.05) is 47.4 Å². The molecule has 30 heavy (non-hydrogen) atoms.